The second-order valence-electron chi connectivity index (χ2n) is 8.22. The molecule has 2 heterocycles. The van der Waals surface area contributed by atoms with E-state index >= 15 is 0 Å². The van der Waals surface area contributed by atoms with Crippen LogP contribution in [0.1, 0.15) is 22.8 Å². The van der Waals surface area contributed by atoms with Crippen LogP contribution >= 0.6 is 11.3 Å². The van der Waals surface area contributed by atoms with Crippen molar-refractivity contribution in [3.8, 4) is 0 Å². The number of nitrogens with zero attached hydrogens (tertiary/aromatic N) is 3. The molecule has 0 fully saturated rings. The summed E-state index contributed by atoms with van der Waals surface area (Å²) in [5.74, 6) is -0.935. The second-order valence-corrected chi connectivity index (χ2v) is 11.1. The minimum Gasteiger partial charge on any atom is -0.380 e. The zero-order chi connectivity index (χ0) is 25.3. The molecule has 3 aromatic carbocycles. The lowest BCUT2D eigenvalue weighted by Gasteiger charge is -2.19. The van der Waals surface area contributed by atoms with Crippen LogP contribution in [-0.4, -0.2) is 38.7 Å². The number of thiazole rings is 1. The first kappa shape index (κ1) is 24.4. The van der Waals surface area contributed by atoms with Gasteiger partial charge in [0.15, 0.2) is 4.80 Å². The van der Waals surface area contributed by atoms with Gasteiger partial charge < -0.3 is 9.30 Å². The molecule has 0 bridgehead atoms. The number of ether oxygens (including phenoxy) is 1. The molecule has 1 amide bonds. The molecule has 0 spiro atoms. The van der Waals surface area contributed by atoms with Gasteiger partial charge in [-0.05, 0) is 61.4 Å². The minimum absolute atomic E-state index is 0.103. The summed E-state index contributed by atoms with van der Waals surface area (Å²) in [6.07, 6.45) is 0.657. The summed E-state index contributed by atoms with van der Waals surface area (Å²) >= 11 is 1.21. The molecule has 1 aromatic heterocycles. The summed E-state index contributed by atoms with van der Waals surface area (Å²) in [5.41, 5.74) is 2.29. The molecule has 36 heavy (non-hydrogen) atoms. The Kier molecular flexibility index (Phi) is 6.74. The maximum absolute atomic E-state index is 14.6. The smallest absolute Gasteiger partial charge is 0.279 e. The topological polar surface area (TPSA) is 81.0 Å². The standard InChI is InChI=1S/C26H24FN3O4S2/c1-2-34-17-16-29-24-21(27)7-5-9-23(24)35-26(29)28-25(31)19-10-12-20(13-11-19)36(32,33)30-15-14-18-6-3-4-8-22(18)30/h3-13H,2,14-17H2,1H3. The highest BCUT2D eigenvalue weighted by atomic mass is 32.2. The van der Waals surface area contributed by atoms with E-state index in [1.807, 2.05) is 25.1 Å². The number of hydrogen-bond acceptors (Lipinski definition) is 5. The van der Waals surface area contributed by atoms with Crippen LogP contribution < -0.4 is 9.11 Å². The lowest BCUT2D eigenvalue weighted by Crippen LogP contribution is -2.29. The lowest BCUT2D eigenvalue weighted by atomic mass is 10.2. The van der Waals surface area contributed by atoms with E-state index in [9.17, 15) is 17.6 Å². The third kappa shape index (κ3) is 4.47. The molecule has 10 heteroatoms. The number of para-hydroxylation sites is 2. The SMILES string of the molecule is CCOCCn1c(=NC(=O)c2ccc(S(=O)(=O)N3CCc4ccccc43)cc2)sc2cccc(F)c21. The van der Waals surface area contributed by atoms with Crippen molar-refractivity contribution in [3.05, 3.63) is 88.5 Å². The van der Waals surface area contributed by atoms with Crippen molar-refractivity contribution in [3.63, 3.8) is 0 Å². The quantitative estimate of drug-likeness (QED) is 0.336. The molecule has 0 unspecified atom stereocenters. The van der Waals surface area contributed by atoms with Crippen LogP contribution in [-0.2, 0) is 27.7 Å². The third-order valence-electron chi connectivity index (χ3n) is 6.05. The summed E-state index contributed by atoms with van der Waals surface area (Å²) in [5, 5.41) is 0. The zero-order valence-corrected chi connectivity index (χ0v) is 21.2. The molecule has 0 aliphatic carbocycles. The molecule has 186 valence electrons. The van der Waals surface area contributed by atoms with E-state index < -0.39 is 21.7 Å². The molecule has 1 aliphatic heterocycles. The number of fused-ring (bicyclic) bond motifs is 2. The maximum Gasteiger partial charge on any atom is 0.279 e. The van der Waals surface area contributed by atoms with Crippen molar-refractivity contribution in [2.24, 2.45) is 4.99 Å². The molecule has 0 saturated carbocycles. The van der Waals surface area contributed by atoms with Crippen molar-refractivity contribution in [2.75, 3.05) is 24.1 Å². The van der Waals surface area contributed by atoms with E-state index in [1.165, 1.54) is 46.0 Å². The van der Waals surface area contributed by atoms with Gasteiger partial charge in [-0.2, -0.15) is 4.99 Å². The van der Waals surface area contributed by atoms with Crippen molar-refractivity contribution in [1.29, 1.82) is 0 Å². The van der Waals surface area contributed by atoms with Gasteiger partial charge in [0, 0.05) is 25.3 Å². The summed E-state index contributed by atoms with van der Waals surface area (Å²) in [4.78, 5) is 17.7. The highest BCUT2D eigenvalue weighted by molar-refractivity contribution is 7.92. The molecule has 5 rings (SSSR count). The molecule has 7 nitrogen and oxygen atoms in total. The van der Waals surface area contributed by atoms with Crippen molar-refractivity contribution in [1.82, 2.24) is 4.57 Å². The van der Waals surface area contributed by atoms with Gasteiger partial charge in [-0.15, -0.1) is 0 Å². The monoisotopic (exact) mass is 525 g/mol. The molecule has 0 saturated heterocycles. The average molecular weight is 526 g/mol. The minimum atomic E-state index is -3.76. The fourth-order valence-electron chi connectivity index (χ4n) is 4.29. The fourth-order valence-corrected chi connectivity index (χ4v) is 6.86. The Hall–Kier alpha value is -3.34. The van der Waals surface area contributed by atoms with Gasteiger partial charge in [-0.3, -0.25) is 9.10 Å². The van der Waals surface area contributed by atoms with Crippen LogP contribution in [0.5, 0.6) is 0 Å². The van der Waals surface area contributed by atoms with Gasteiger partial charge in [0.2, 0.25) is 0 Å². The van der Waals surface area contributed by atoms with Crippen molar-refractivity contribution < 1.29 is 22.3 Å². The van der Waals surface area contributed by atoms with E-state index in [1.54, 1.807) is 22.8 Å². The molecule has 0 radical (unpaired) electrons. The average Bonchev–Trinajstić information content (AvgIpc) is 3.47. The molecule has 1 aliphatic rings. The normalized spacial score (nSPS) is 13.9. The number of amides is 1. The molecule has 4 aromatic rings. The van der Waals surface area contributed by atoms with E-state index in [0.29, 0.717) is 53.4 Å². The Morgan fingerprint density at radius 3 is 2.64 bits per heavy atom. The largest absolute Gasteiger partial charge is 0.380 e. The van der Waals surface area contributed by atoms with E-state index in [4.69, 9.17) is 4.74 Å². The first-order chi connectivity index (χ1) is 17.4. The summed E-state index contributed by atoms with van der Waals surface area (Å²) in [6, 6.07) is 18.0. The first-order valence-electron chi connectivity index (χ1n) is 11.6. The van der Waals surface area contributed by atoms with Crippen LogP contribution in [0.15, 0.2) is 76.6 Å². The van der Waals surface area contributed by atoms with Crippen LogP contribution in [0.2, 0.25) is 0 Å². The summed E-state index contributed by atoms with van der Waals surface area (Å²) < 4.78 is 50.2. The zero-order valence-electron chi connectivity index (χ0n) is 19.6. The van der Waals surface area contributed by atoms with Gasteiger partial charge in [0.05, 0.1) is 27.4 Å². The van der Waals surface area contributed by atoms with Crippen molar-refractivity contribution >= 4 is 43.2 Å². The number of rotatable bonds is 7. The van der Waals surface area contributed by atoms with Gasteiger partial charge in [0.1, 0.15) is 5.82 Å². The Labute approximate surface area is 212 Å². The van der Waals surface area contributed by atoms with Crippen LogP contribution in [0.4, 0.5) is 10.1 Å². The lowest BCUT2D eigenvalue weighted by molar-refractivity contribution is 0.0996. The maximum atomic E-state index is 14.6. The van der Waals surface area contributed by atoms with Gasteiger partial charge >= 0.3 is 0 Å². The number of hydrogen-bond donors (Lipinski definition) is 0. The highest BCUT2D eigenvalue weighted by Crippen LogP contribution is 2.32. The Morgan fingerprint density at radius 2 is 1.86 bits per heavy atom. The Balaban J connectivity index is 1.45. The van der Waals surface area contributed by atoms with Crippen molar-refractivity contribution in [2.45, 2.75) is 24.8 Å². The number of sulfonamides is 1. The summed E-state index contributed by atoms with van der Waals surface area (Å²) in [7, 11) is -3.76. The number of halogens is 1. The molecule has 0 N–H and O–H groups in total. The molecule has 0 atom stereocenters. The van der Waals surface area contributed by atoms with Crippen LogP contribution in [0.3, 0.4) is 0 Å². The second kappa shape index (κ2) is 9.96. The fraction of sp³-hybridized carbons (Fsp3) is 0.231. The van der Waals surface area contributed by atoms with Crippen LogP contribution in [0, 0.1) is 5.82 Å². The molecular formula is C26H24FN3O4S2. The predicted octanol–water partition coefficient (Wildman–Crippen LogP) is 4.37. The number of anilines is 1. The van der Waals surface area contributed by atoms with E-state index in [-0.39, 0.29) is 10.5 Å². The number of carbonyl (C=O) groups excluding carboxylic acids is 1. The number of carbonyl (C=O) groups is 1. The molecular weight excluding hydrogens is 501 g/mol. The van der Waals surface area contributed by atoms with Gasteiger partial charge in [0.25, 0.3) is 15.9 Å². The van der Waals surface area contributed by atoms with Gasteiger partial charge in [-0.25, -0.2) is 12.8 Å². The van der Waals surface area contributed by atoms with E-state index in [2.05, 4.69) is 4.99 Å². The first-order valence-corrected chi connectivity index (χ1v) is 13.8. The summed E-state index contributed by atoms with van der Waals surface area (Å²) in [6.45, 7) is 3.47. The highest BCUT2D eigenvalue weighted by Gasteiger charge is 2.30. The van der Waals surface area contributed by atoms with E-state index in [0.717, 1.165) is 5.56 Å². The number of benzene rings is 3. The van der Waals surface area contributed by atoms with Gasteiger partial charge in [-0.1, -0.05) is 35.6 Å². The Bertz CT molecular complexity index is 1610. The predicted molar refractivity (Wildman–Crippen MR) is 137 cm³/mol. The van der Waals surface area contributed by atoms with Crippen LogP contribution in [0.25, 0.3) is 10.2 Å². The third-order valence-corrected chi connectivity index (χ3v) is 8.92. The Morgan fingerprint density at radius 1 is 1.08 bits per heavy atom. The number of aromatic nitrogens is 1.